The number of alkyl halides is 3. The first-order chi connectivity index (χ1) is 22.9. The summed E-state index contributed by atoms with van der Waals surface area (Å²) < 4.78 is 57.8. The Morgan fingerprint density at radius 2 is 1.75 bits per heavy atom. The van der Waals surface area contributed by atoms with Gasteiger partial charge in [0.2, 0.25) is 5.91 Å². The molecule has 1 aromatic heterocycles. The molecule has 2 aliphatic heterocycles. The van der Waals surface area contributed by atoms with Crippen molar-refractivity contribution in [1.82, 2.24) is 19.6 Å². The molecule has 1 aliphatic carbocycles. The molecule has 1 N–H and O–H groups in total. The van der Waals surface area contributed by atoms with Crippen LogP contribution in [-0.4, -0.2) is 69.2 Å². The average molecular weight is 669 g/mol. The SMILES string of the molecule is C#CCn1cc(C2=CN=C(C(=O)Nc3ccc(C(=O)N4CCN(C(=O)C(CCC)CCC)CC4)c(F)c3)C3(CC)CC23)c(C(F)(F)F)n1. The number of hydrogen-bond acceptors (Lipinski definition) is 5. The van der Waals surface area contributed by atoms with E-state index in [-0.39, 0.29) is 59.9 Å². The topological polar surface area (TPSA) is 99.9 Å². The van der Waals surface area contributed by atoms with E-state index < -0.39 is 34.9 Å². The molecule has 1 saturated carbocycles. The Bertz CT molecular complexity index is 1680. The van der Waals surface area contributed by atoms with Crippen LogP contribution in [-0.2, 0) is 22.3 Å². The fraction of sp³-hybridized carbons (Fsp3) is 0.514. The Kier molecular flexibility index (Phi) is 10.1. The van der Waals surface area contributed by atoms with Crippen molar-refractivity contribution in [3.8, 4) is 12.3 Å². The van der Waals surface area contributed by atoms with E-state index in [0.717, 1.165) is 36.4 Å². The number of aliphatic imine (C=N–C) groups is 1. The summed E-state index contributed by atoms with van der Waals surface area (Å²) in [6.45, 7) is 7.16. The lowest BCUT2D eigenvalue weighted by molar-refractivity contribution is -0.141. The summed E-state index contributed by atoms with van der Waals surface area (Å²) in [5, 5.41) is 6.29. The molecule has 2 aromatic rings. The van der Waals surface area contributed by atoms with E-state index in [9.17, 15) is 27.6 Å². The van der Waals surface area contributed by atoms with Crippen molar-refractivity contribution in [1.29, 1.82) is 0 Å². The maximum Gasteiger partial charge on any atom is 0.435 e. The van der Waals surface area contributed by atoms with Gasteiger partial charge < -0.3 is 15.1 Å². The number of rotatable bonds is 11. The van der Waals surface area contributed by atoms with Gasteiger partial charge in [-0.25, -0.2) is 4.39 Å². The van der Waals surface area contributed by atoms with Crippen LogP contribution in [0.1, 0.15) is 80.9 Å². The third kappa shape index (κ3) is 6.75. The number of piperazine rings is 1. The monoisotopic (exact) mass is 668 g/mol. The summed E-state index contributed by atoms with van der Waals surface area (Å²) in [5.41, 5.74) is -1.51. The van der Waals surface area contributed by atoms with E-state index in [2.05, 4.69) is 35.2 Å². The number of aromatic nitrogens is 2. The normalized spacial score (nSPS) is 20.5. The Labute approximate surface area is 277 Å². The van der Waals surface area contributed by atoms with Gasteiger partial charge in [0.05, 0.1) is 5.56 Å². The fourth-order valence-electron chi connectivity index (χ4n) is 7.05. The van der Waals surface area contributed by atoms with E-state index in [1.165, 1.54) is 29.4 Å². The van der Waals surface area contributed by atoms with Gasteiger partial charge in [-0.3, -0.25) is 24.1 Å². The molecule has 5 rings (SSSR count). The van der Waals surface area contributed by atoms with Gasteiger partial charge in [0, 0.05) is 61.2 Å². The van der Waals surface area contributed by atoms with E-state index in [1.54, 1.807) is 4.90 Å². The van der Waals surface area contributed by atoms with Gasteiger partial charge in [0.15, 0.2) is 5.69 Å². The van der Waals surface area contributed by atoms with E-state index in [4.69, 9.17) is 6.42 Å². The number of anilines is 1. The zero-order valence-electron chi connectivity index (χ0n) is 27.4. The number of hydrogen-bond donors (Lipinski definition) is 1. The van der Waals surface area contributed by atoms with Crippen LogP contribution in [0, 0.1) is 35.4 Å². The first-order valence-electron chi connectivity index (χ1n) is 16.4. The fourth-order valence-corrected chi connectivity index (χ4v) is 7.05. The number of terminal acetylenes is 1. The summed E-state index contributed by atoms with van der Waals surface area (Å²) in [6.07, 6.45) is 7.46. The van der Waals surface area contributed by atoms with Crippen LogP contribution in [0.15, 0.2) is 35.6 Å². The molecule has 13 heteroatoms. The molecule has 48 heavy (non-hydrogen) atoms. The number of allylic oxidation sites excluding steroid dienone is 1. The highest BCUT2D eigenvalue weighted by atomic mass is 19.4. The number of nitrogens with one attached hydrogen (secondary N) is 1. The minimum absolute atomic E-state index is 0.0234. The van der Waals surface area contributed by atoms with Crippen LogP contribution < -0.4 is 5.32 Å². The van der Waals surface area contributed by atoms with Gasteiger partial charge in [-0.2, -0.15) is 18.3 Å². The second-order valence-electron chi connectivity index (χ2n) is 12.7. The zero-order chi connectivity index (χ0) is 34.8. The van der Waals surface area contributed by atoms with Crippen LogP contribution >= 0.6 is 0 Å². The lowest BCUT2D eigenvalue weighted by Crippen LogP contribution is -2.52. The predicted octanol–water partition coefficient (Wildman–Crippen LogP) is 6.03. The van der Waals surface area contributed by atoms with Crippen LogP contribution in [0.25, 0.3) is 5.57 Å². The molecule has 0 bridgehead atoms. The smallest absolute Gasteiger partial charge is 0.339 e. The average Bonchev–Trinajstić information content (AvgIpc) is 3.67. The number of fused-ring (bicyclic) bond motifs is 1. The Hall–Kier alpha value is -4.47. The Morgan fingerprint density at radius 3 is 2.33 bits per heavy atom. The van der Waals surface area contributed by atoms with Gasteiger partial charge in [-0.15, -0.1) is 6.42 Å². The summed E-state index contributed by atoms with van der Waals surface area (Å²) in [6, 6.07) is 3.80. The number of benzene rings is 1. The second kappa shape index (κ2) is 13.9. The molecule has 2 unspecified atom stereocenters. The van der Waals surface area contributed by atoms with Crippen molar-refractivity contribution in [3.05, 3.63) is 53.2 Å². The molecule has 3 aliphatic rings. The van der Waals surface area contributed by atoms with Crippen LogP contribution in [0.2, 0.25) is 0 Å². The lowest BCUT2D eigenvalue weighted by Gasteiger charge is -2.36. The standard InChI is InChI=1S/C35H40F4N6O3/c1-5-9-22(10-6-2)32(47)43-14-16-44(17-15-43)33(48)24-12-11-23(18-28(24)36)41-31(46)30-34(8-4)19-27(34)25(20-40-30)26-21-45(13-7-3)42-29(26)35(37,38)39/h3,11-12,18,20-22,27H,5-6,8-10,13-17,19H2,1-2,4H3,(H,41,46). The highest BCUT2D eigenvalue weighted by Gasteiger charge is 2.62. The molecule has 1 aromatic carbocycles. The molecule has 0 spiro atoms. The van der Waals surface area contributed by atoms with Crippen molar-refractivity contribution >= 4 is 34.7 Å². The molecule has 3 amide bonds. The maximum atomic E-state index is 15.3. The first kappa shape index (κ1) is 34.9. The molecule has 256 valence electrons. The van der Waals surface area contributed by atoms with Gasteiger partial charge in [0.1, 0.15) is 18.1 Å². The van der Waals surface area contributed by atoms with Crippen molar-refractivity contribution in [3.63, 3.8) is 0 Å². The molecule has 0 radical (unpaired) electrons. The third-order valence-electron chi connectivity index (χ3n) is 9.65. The molecule has 2 atom stereocenters. The Balaban J connectivity index is 1.27. The zero-order valence-corrected chi connectivity index (χ0v) is 27.4. The third-order valence-corrected chi connectivity index (χ3v) is 9.65. The van der Waals surface area contributed by atoms with E-state index in [0.29, 0.717) is 31.5 Å². The number of halogens is 4. The number of carbonyl (C=O) groups is 3. The second-order valence-corrected chi connectivity index (χ2v) is 12.7. The molecular formula is C35H40F4N6O3. The largest absolute Gasteiger partial charge is 0.435 e. The van der Waals surface area contributed by atoms with Crippen LogP contribution in [0.3, 0.4) is 0 Å². The summed E-state index contributed by atoms with van der Waals surface area (Å²) >= 11 is 0. The van der Waals surface area contributed by atoms with Gasteiger partial charge >= 0.3 is 6.18 Å². The Morgan fingerprint density at radius 1 is 1.08 bits per heavy atom. The summed E-state index contributed by atoms with van der Waals surface area (Å²) in [7, 11) is 0. The van der Waals surface area contributed by atoms with Crippen molar-refractivity contribution < 1.29 is 31.9 Å². The summed E-state index contributed by atoms with van der Waals surface area (Å²) in [5.74, 6) is 0.0680. The van der Waals surface area contributed by atoms with Crippen LogP contribution in [0.5, 0.6) is 0 Å². The molecule has 2 fully saturated rings. The van der Waals surface area contributed by atoms with Crippen molar-refractivity contribution in [2.75, 3.05) is 31.5 Å². The molecule has 1 saturated heterocycles. The summed E-state index contributed by atoms with van der Waals surface area (Å²) in [4.78, 5) is 47.2. The highest BCUT2D eigenvalue weighted by Crippen LogP contribution is 2.64. The molecular weight excluding hydrogens is 628 g/mol. The van der Waals surface area contributed by atoms with Crippen molar-refractivity contribution in [2.24, 2.45) is 22.2 Å². The molecule has 9 nitrogen and oxygen atoms in total. The number of carbonyl (C=O) groups excluding carboxylic acids is 3. The quantitative estimate of drug-likeness (QED) is 0.234. The van der Waals surface area contributed by atoms with Gasteiger partial charge in [-0.1, -0.05) is 39.5 Å². The van der Waals surface area contributed by atoms with E-state index >= 15 is 4.39 Å². The minimum Gasteiger partial charge on any atom is -0.339 e. The predicted molar refractivity (Wildman–Crippen MR) is 173 cm³/mol. The van der Waals surface area contributed by atoms with E-state index in [1.807, 2.05) is 6.92 Å². The number of nitrogens with zero attached hydrogens (tertiary/aromatic N) is 5. The van der Waals surface area contributed by atoms with Gasteiger partial charge in [-0.05, 0) is 55.4 Å². The number of amides is 3. The lowest BCUT2D eigenvalue weighted by atomic mass is 9.86. The highest BCUT2D eigenvalue weighted by molar-refractivity contribution is 6.46. The molecule has 3 heterocycles. The van der Waals surface area contributed by atoms with Gasteiger partial charge in [0.25, 0.3) is 11.8 Å². The maximum absolute atomic E-state index is 15.3. The first-order valence-corrected chi connectivity index (χ1v) is 16.4. The van der Waals surface area contributed by atoms with Crippen molar-refractivity contribution in [2.45, 2.75) is 72.0 Å². The van der Waals surface area contributed by atoms with Crippen LogP contribution in [0.4, 0.5) is 23.2 Å². The minimum atomic E-state index is -4.71.